The van der Waals surface area contributed by atoms with Gasteiger partial charge in [0.1, 0.15) is 18.0 Å². The molecule has 0 bridgehead atoms. The summed E-state index contributed by atoms with van der Waals surface area (Å²) in [6, 6.07) is 2.44. The van der Waals surface area contributed by atoms with Gasteiger partial charge < -0.3 is 14.1 Å². The predicted molar refractivity (Wildman–Crippen MR) is 110 cm³/mol. The summed E-state index contributed by atoms with van der Waals surface area (Å²) >= 11 is 27.9. The van der Waals surface area contributed by atoms with E-state index in [1.807, 2.05) is 13.8 Å². The molecule has 3 rings (SSSR count). The van der Waals surface area contributed by atoms with E-state index in [4.69, 9.17) is 55.6 Å². The molecule has 0 spiro atoms. The van der Waals surface area contributed by atoms with E-state index in [2.05, 4.69) is 20.9 Å². The van der Waals surface area contributed by atoms with Crippen LogP contribution in [0.1, 0.15) is 19.6 Å². The van der Waals surface area contributed by atoms with Gasteiger partial charge >= 0.3 is 5.97 Å². The summed E-state index contributed by atoms with van der Waals surface area (Å²) in [5, 5.41) is -0.417. The Hall–Kier alpha value is -0.120. The van der Waals surface area contributed by atoms with Crippen LogP contribution < -0.4 is 0 Å². The Morgan fingerprint density at radius 3 is 2.70 bits per heavy atom. The van der Waals surface area contributed by atoms with E-state index in [0.717, 1.165) is 0 Å². The molecule has 1 unspecified atom stereocenters. The Bertz CT molecular complexity index is 798. The number of β-lactam (4-membered cyclic amide) rings is 1. The summed E-state index contributed by atoms with van der Waals surface area (Å²) in [6.07, 6.45) is 1.45. The third kappa shape index (κ3) is 3.98. The van der Waals surface area contributed by atoms with Crippen molar-refractivity contribution in [3.63, 3.8) is 0 Å². The van der Waals surface area contributed by atoms with Gasteiger partial charge in [-0.05, 0) is 41.9 Å². The highest BCUT2D eigenvalue weighted by atomic mass is 79.9. The second-order valence-electron chi connectivity index (χ2n) is 6.46. The maximum absolute atomic E-state index is 12.9. The third-order valence-corrected chi connectivity index (χ3v) is 7.53. The minimum absolute atomic E-state index is 0.0468. The number of carbonyl (C=O) groups excluding carboxylic acids is 2. The second-order valence-corrected chi connectivity index (χ2v) is 12.3. The number of ether oxygens (including phenoxy) is 1. The van der Waals surface area contributed by atoms with Crippen molar-refractivity contribution in [2.24, 2.45) is 4.99 Å². The second kappa shape index (κ2) is 7.29. The number of rotatable bonds is 4. The smallest absolute Gasteiger partial charge is 0.330 e. The monoisotopic (exact) mass is 536 g/mol. The standard InChI is InChI=1S/C15H13BrCl4N2O4S/c1-13(2)8(10(23)26-6-14(18,19)20)22-11(24)15(16,12(22)27-13)21-9(17)7-4-3-5-25-7/h3-5,8,12H,6H2,1-2H3/b21-9-/t8-,12+,15?/m0/s1. The SMILES string of the molecule is CC1(C)S[C@H]2N(C(=O)C2(Br)/N=C(\Cl)c2ccco2)[C@H]1C(=O)OCC(Cl)(Cl)Cl. The molecule has 0 N–H and O–H groups in total. The summed E-state index contributed by atoms with van der Waals surface area (Å²) in [5.74, 6) is -0.723. The highest BCUT2D eigenvalue weighted by Crippen LogP contribution is 2.58. The fraction of sp³-hybridized carbons (Fsp3) is 0.533. The molecule has 2 fully saturated rings. The summed E-state index contributed by atoms with van der Waals surface area (Å²) in [5.41, 5.74) is 0. The number of esters is 1. The maximum Gasteiger partial charge on any atom is 0.330 e. The zero-order valence-corrected chi connectivity index (χ0v) is 19.3. The van der Waals surface area contributed by atoms with Gasteiger partial charge in [0.2, 0.25) is 8.24 Å². The lowest BCUT2D eigenvalue weighted by molar-refractivity contribution is -0.163. The van der Waals surface area contributed by atoms with Gasteiger partial charge in [-0.25, -0.2) is 9.79 Å². The van der Waals surface area contributed by atoms with Crippen molar-refractivity contribution in [3.05, 3.63) is 24.2 Å². The molecule has 1 amide bonds. The van der Waals surface area contributed by atoms with Gasteiger partial charge in [-0.3, -0.25) is 4.79 Å². The van der Waals surface area contributed by atoms with Crippen LogP contribution in [0.4, 0.5) is 0 Å². The highest BCUT2D eigenvalue weighted by Gasteiger charge is 2.71. The number of nitrogens with zero attached hydrogens (tertiary/aromatic N) is 2. The molecular weight excluding hydrogens is 526 g/mol. The molecule has 0 radical (unpaired) electrons. The van der Waals surface area contributed by atoms with Crippen molar-refractivity contribution in [1.29, 1.82) is 0 Å². The molecule has 148 valence electrons. The Kier molecular flexibility index (Phi) is 5.83. The first kappa shape index (κ1) is 21.6. The van der Waals surface area contributed by atoms with Crippen molar-refractivity contribution in [2.75, 3.05) is 6.61 Å². The normalized spacial score (nSPS) is 30.1. The number of carbonyl (C=O) groups is 2. The van der Waals surface area contributed by atoms with E-state index in [-0.39, 0.29) is 5.17 Å². The summed E-state index contributed by atoms with van der Waals surface area (Å²) in [4.78, 5) is 31.1. The molecule has 27 heavy (non-hydrogen) atoms. The van der Waals surface area contributed by atoms with Crippen LogP contribution >= 0.6 is 74.1 Å². The highest BCUT2D eigenvalue weighted by molar-refractivity contribution is 9.10. The summed E-state index contributed by atoms with van der Waals surface area (Å²) < 4.78 is 6.61. The van der Waals surface area contributed by atoms with Crippen LogP contribution in [-0.2, 0) is 14.3 Å². The van der Waals surface area contributed by atoms with Crippen molar-refractivity contribution in [3.8, 4) is 0 Å². The van der Waals surface area contributed by atoms with Crippen LogP contribution in [0.5, 0.6) is 0 Å². The molecule has 6 nitrogen and oxygen atoms in total. The quantitative estimate of drug-likeness (QED) is 0.188. The molecule has 12 heteroatoms. The number of hydrogen-bond acceptors (Lipinski definition) is 6. The zero-order chi connectivity index (χ0) is 20.2. The minimum Gasteiger partial charge on any atom is -0.462 e. The van der Waals surface area contributed by atoms with Gasteiger partial charge in [0.15, 0.2) is 10.9 Å². The number of aliphatic imine (C=N–C) groups is 1. The molecule has 1 aromatic rings. The summed E-state index contributed by atoms with van der Waals surface area (Å²) in [7, 11) is 0. The molecule has 2 saturated heterocycles. The topological polar surface area (TPSA) is 72.1 Å². The Morgan fingerprint density at radius 1 is 1.48 bits per heavy atom. The number of hydrogen-bond donors (Lipinski definition) is 0. The minimum atomic E-state index is -1.73. The van der Waals surface area contributed by atoms with Crippen LogP contribution in [0.25, 0.3) is 0 Å². The molecular formula is C15H13BrCl4N2O4S. The molecule has 3 heterocycles. The Balaban J connectivity index is 1.83. The Labute approximate surface area is 188 Å². The first-order valence-corrected chi connectivity index (χ1v) is 10.8. The van der Waals surface area contributed by atoms with Crippen LogP contribution in [0.3, 0.4) is 0 Å². The van der Waals surface area contributed by atoms with E-state index in [1.54, 1.807) is 12.1 Å². The lowest BCUT2D eigenvalue weighted by atomic mass is 9.96. The van der Waals surface area contributed by atoms with Crippen molar-refractivity contribution < 1.29 is 18.7 Å². The van der Waals surface area contributed by atoms with Gasteiger partial charge in [0, 0.05) is 4.75 Å². The number of fused-ring (bicyclic) bond motifs is 1. The number of amides is 1. The maximum atomic E-state index is 12.9. The van der Waals surface area contributed by atoms with E-state index in [9.17, 15) is 9.59 Å². The van der Waals surface area contributed by atoms with Gasteiger partial charge in [-0.1, -0.05) is 46.4 Å². The molecule has 0 saturated carbocycles. The average Bonchev–Trinajstić information content (AvgIpc) is 3.16. The van der Waals surface area contributed by atoms with Gasteiger partial charge in [-0.15, -0.1) is 11.8 Å². The van der Waals surface area contributed by atoms with Crippen molar-refractivity contribution in [1.82, 2.24) is 4.90 Å². The molecule has 2 aliphatic rings. The van der Waals surface area contributed by atoms with Gasteiger partial charge in [0.25, 0.3) is 5.91 Å². The van der Waals surface area contributed by atoms with Crippen molar-refractivity contribution >= 4 is 91.1 Å². The lowest BCUT2D eigenvalue weighted by Gasteiger charge is -2.47. The molecule has 1 aromatic heterocycles. The third-order valence-electron chi connectivity index (χ3n) is 4.05. The van der Waals surface area contributed by atoms with Crippen LogP contribution in [0.15, 0.2) is 27.8 Å². The Morgan fingerprint density at radius 2 is 2.15 bits per heavy atom. The van der Waals surface area contributed by atoms with Crippen LogP contribution in [-0.4, -0.2) is 53.0 Å². The van der Waals surface area contributed by atoms with Gasteiger partial charge in [0.05, 0.1) is 6.26 Å². The first-order valence-electron chi connectivity index (χ1n) is 7.59. The summed E-state index contributed by atoms with van der Waals surface area (Å²) in [6.45, 7) is 3.24. The predicted octanol–water partition coefficient (Wildman–Crippen LogP) is 4.33. The van der Waals surface area contributed by atoms with Crippen LogP contribution in [0, 0.1) is 0 Å². The number of alkyl halides is 4. The number of halogens is 5. The van der Waals surface area contributed by atoms with Crippen LogP contribution in [0.2, 0.25) is 0 Å². The van der Waals surface area contributed by atoms with E-state index < -0.39 is 42.9 Å². The molecule has 2 aliphatic heterocycles. The zero-order valence-electron chi connectivity index (χ0n) is 13.9. The largest absolute Gasteiger partial charge is 0.462 e. The first-order chi connectivity index (χ1) is 12.4. The lowest BCUT2D eigenvalue weighted by Crippen LogP contribution is -2.70. The van der Waals surface area contributed by atoms with E-state index in [0.29, 0.717) is 5.76 Å². The number of furan rings is 1. The molecule has 0 aliphatic carbocycles. The van der Waals surface area contributed by atoms with Gasteiger partial charge in [-0.2, -0.15) is 0 Å². The fourth-order valence-electron chi connectivity index (χ4n) is 2.91. The van der Waals surface area contributed by atoms with E-state index in [1.165, 1.54) is 22.9 Å². The molecule has 3 atom stereocenters. The fourth-order valence-corrected chi connectivity index (χ4v) is 5.86. The number of thioether (sulfide) groups is 1. The molecule has 0 aromatic carbocycles. The van der Waals surface area contributed by atoms with Crippen molar-refractivity contribution in [2.45, 2.75) is 38.3 Å². The average molecular weight is 539 g/mol. The van der Waals surface area contributed by atoms with E-state index >= 15 is 0 Å².